The second-order valence-electron chi connectivity index (χ2n) is 7.33. The minimum Gasteiger partial charge on any atom is -0.316 e. The normalized spacial score (nSPS) is 29.6. The molecule has 0 amide bonds. The molecule has 2 fully saturated rings. The SMILES string of the molecule is CCC1CCC(C(NC)C2(c3ccccc3)CCC2)CC1. The summed E-state index contributed by atoms with van der Waals surface area (Å²) in [5.41, 5.74) is 1.99. The Morgan fingerprint density at radius 2 is 1.76 bits per heavy atom. The van der Waals surface area contributed by atoms with Crippen molar-refractivity contribution in [1.29, 1.82) is 0 Å². The minimum absolute atomic E-state index is 0.416. The van der Waals surface area contributed by atoms with Gasteiger partial charge in [0.05, 0.1) is 0 Å². The largest absolute Gasteiger partial charge is 0.316 e. The van der Waals surface area contributed by atoms with Crippen LogP contribution in [0.4, 0.5) is 0 Å². The fourth-order valence-corrected chi connectivity index (χ4v) is 5.00. The Balaban J connectivity index is 1.78. The second-order valence-corrected chi connectivity index (χ2v) is 7.33. The van der Waals surface area contributed by atoms with Gasteiger partial charge in [-0.25, -0.2) is 0 Å². The monoisotopic (exact) mass is 285 g/mol. The summed E-state index contributed by atoms with van der Waals surface area (Å²) in [4.78, 5) is 0. The third-order valence-corrected chi connectivity index (χ3v) is 6.44. The van der Waals surface area contributed by atoms with Crippen LogP contribution in [0.25, 0.3) is 0 Å². The Bertz CT molecular complexity index is 426. The zero-order valence-corrected chi connectivity index (χ0v) is 13.8. The molecule has 116 valence electrons. The Hall–Kier alpha value is -0.820. The van der Waals surface area contributed by atoms with Gasteiger partial charge in [0.1, 0.15) is 0 Å². The van der Waals surface area contributed by atoms with Gasteiger partial charge in [-0.3, -0.25) is 0 Å². The maximum absolute atomic E-state index is 3.75. The highest BCUT2D eigenvalue weighted by molar-refractivity contribution is 5.31. The molecule has 1 nitrogen and oxygen atoms in total. The van der Waals surface area contributed by atoms with E-state index in [0.717, 1.165) is 11.8 Å². The highest BCUT2D eigenvalue weighted by atomic mass is 14.9. The summed E-state index contributed by atoms with van der Waals surface area (Å²) in [7, 11) is 2.19. The predicted octanol–water partition coefficient (Wildman–Crippen LogP) is 4.91. The van der Waals surface area contributed by atoms with E-state index < -0.39 is 0 Å². The van der Waals surface area contributed by atoms with Crippen LogP contribution >= 0.6 is 0 Å². The minimum atomic E-state index is 0.416. The van der Waals surface area contributed by atoms with Crippen LogP contribution in [0.3, 0.4) is 0 Å². The summed E-state index contributed by atoms with van der Waals surface area (Å²) in [5, 5.41) is 3.75. The lowest BCUT2D eigenvalue weighted by molar-refractivity contribution is 0.0996. The van der Waals surface area contributed by atoms with Crippen molar-refractivity contribution in [2.75, 3.05) is 7.05 Å². The molecule has 1 atom stereocenters. The first-order chi connectivity index (χ1) is 10.3. The van der Waals surface area contributed by atoms with Crippen LogP contribution < -0.4 is 5.32 Å². The van der Waals surface area contributed by atoms with E-state index in [9.17, 15) is 0 Å². The van der Waals surface area contributed by atoms with Gasteiger partial charge in [-0.15, -0.1) is 0 Å². The van der Waals surface area contributed by atoms with Crippen LogP contribution in [0.2, 0.25) is 0 Å². The molecule has 3 rings (SSSR count). The zero-order chi connectivity index (χ0) is 14.7. The average molecular weight is 285 g/mol. The highest BCUT2D eigenvalue weighted by Gasteiger charge is 2.47. The quantitative estimate of drug-likeness (QED) is 0.810. The van der Waals surface area contributed by atoms with Gasteiger partial charge in [0.25, 0.3) is 0 Å². The van der Waals surface area contributed by atoms with E-state index in [0.29, 0.717) is 11.5 Å². The molecule has 2 aliphatic rings. The van der Waals surface area contributed by atoms with Gasteiger partial charge in [0, 0.05) is 11.5 Å². The molecule has 0 heterocycles. The van der Waals surface area contributed by atoms with E-state index in [1.165, 1.54) is 51.4 Å². The van der Waals surface area contributed by atoms with Crippen molar-refractivity contribution in [2.24, 2.45) is 11.8 Å². The lowest BCUT2D eigenvalue weighted by atomic mass is 9.56. The number of benzene rings is 1. The van der Waals surface area contributed by atoms with Crippen molar-refractivity contribution in [3.05, 3.63) is 35.9 Å². The molecule has 1 aromatic rings. The Labute approximate surface area is 130 Å². The van der Waals surface area contributed by atoms with Crippen molar-refractivity contribution < 1.29 is 0 Å². The summed E-state index contributed by atoms with van der Waals surface area (Å²) in [6.45, 7) is 2.36. The van der Waals surface area contributed by atoms with Crippen LogP contribution in [0, 0.1) is 11.8 Å². The van der Waals surface area contributed by atoms with Gasteiger partial charge in [-0.1, -0.05) is 62.9 Å². The molecule has 0 bridgehead atoms. The summed E-state index contributed by atoms with van der Waals surface area (Å²) in [6.07, 6.45) is 11.3. The zero-order valence-electron chi connectivity index (χ0n) is 13.8. The summed E-state index contributed by atoms with van der Waals surface area (Å²) < 4.78 is 0. The summed E-state index contributed by atoms with van der Waals surface area (Å²) in [5.74, 6) is 1.87. The average Bonchev–Trinajstić information content (AvgIpc) is 2.52. The lowest BCUT2D eigenvalue weighted by Gasteiger charge is -2.52. The first kappa shape index (κ1) is 15.1. The standard InChI is InChI=1S/C20H31N/c1-3-16-10-12-17(13-11-16)19(21-2)20(14-7-15-20)18-8-5-4-6-9-18/h4-6,8-9,16-17,19,21H,3,7,10-15H2,1-2H3. The topological polar surface area (TPSA) is 12.0 Å². The van der Waals surface area contributed by atoms with Gasteiger partial charge in [0.15, 0.2) is 0 Å². The number of likely N-dealkylation sites (N-methyl/N-ethyl adjacent to an activating group) is 1. The molecule has 1 heteroatoms. The lowest BCUT2D eigenvalue weighted by Crippen LogP contribution is -2.55. The Morgan fingerprint density at radius 3 is 2.24 bits per heavy atom. The Morgan fingerprint density at radius 1 is 1.10 bits per heavy atom. The van der Waals surface area contributed by atoms with Crippen LogP contribution in [0.1, 0.15) is 63.9 Å². The van der Waals surface area contributed by atoms with E-state index in [-0.39, 0.29) is 0 Å². The molecule has 0 radical (unpaired) electrons. The van der Waals surface area contributed by atoms with Crippen LogP contribution in [-0.4, -0.2) is 13.1 Å². The number of hydrogen-bond acceptors (Lipinski definition) is 1. The molecule has 1 unspecified atom stereocenters. The first-order valence-electron chi connectivity index (χ1n) is 9.03. The third-order valence-electron chi connectivity index (χ3n) is 6.44. The Kier molecular flexibility index (Phi) is 4.69. The number of rotatable bonds is 5. The van der Waals surface area contributed by atoms with E-state index in [4.69, 9.17) is 0 Å². The molecule has 1 aromatic carbocycles. The van der Waals surface area contributed by atoms with E-state index in [1.807, 2.05) is 0 Å². The molecule has 21 heavy (non-hydrogen) atoms. The molecule has 0 spiro atoms. The van der Waals surface area contributed by atoms with Crippen LogP contribution in [0.15, 0.2) is 30.3 Å². The van der Waals surface area contributed by atoms with E-state index in [1.54, 1.807) is 5.56 Å². The molecular weight excluding hydrogens is 254 g/mol. The molecule has 1 N–H and O–H groups in total. The van der Waals surface area contributed by atoms with Crippen LogP contribution in [-0.2, 0) is 5.41 Å². The smallest absolute Gasteiger partial charge is 0.0189 e. The van der Waals surface area contributed by atoms with Crippen molar-refractivity contribution in [3.8, 4) is 0 Å². The van der Waals surface area contributed by atoms with Gasteiger partial charge < -0.3 is 5.32 Å². The maximum atomic E-state index is 3.75. The molecule has 2 aliphatic carbocycles. The molecule has 0 aromatic heterocycles. The van der Waals surface area contributed by atoms with Crippen molar-refractivity contribution in [2.45, 2.75) is 69.7 Å². The predicted molar refractivity (Wildman–Crippen MR) is 90.6 cm³/mol. The molecule has 2 saturated carbocycles. The molecule has 0 saturated heterocycles. The van der Waals surface area contributed by atoms with Gasteiger partial charge >= 0.3 is 0 Å². The van der Waals surface area contributed by atoms with E-state index in [2.05, 4.69) is 49.6 Å². The van der Waals surface area contributed by atoms with Crippen molar-refractivity contribution >= 4 is 0 Å². The molecular formula is C20H31N. The number of nitrogens with one attached hydrogen (secondary N) is 1. The fraction of sp³-hybridized carbons (Fsp3) is 0.700. The highest BCUT2D eigenvalue weighted by Crippen LogP contribution is 2.50. The fourth-order valence-electron chi connectivity index (χ4n) is 5.00. The summed E-state index contributed by atoms with van der Waals surface area (Å²) >= 11 is 0. The van der Waals surface area contributed by atoms with Gasteiger partial charge in [0.2, 0.25) is 0 Å². The van der Waals surface area contributed by atoms with Crippen LogP contribution in [0.5, 0.6) is 0 Å². The van der Waals surface area contributed by atoms with Gasteiger partial charge in [-0.05, 0) is 50.1 Å². The summed E-state index contributed by atoms with van der Waals surface area (Å²) in [6, 6.07) is 12.0. The van der Waals surface area contributed by atoms with Crippen molar-refractivity contribution in [3.63, 3.8) is 0 Å². The van der Waals surface area contributed by atoms with E-state index >= 15 is 0 Å². The number of hydrogen-bond donors (Lipinski definition) is 1. The molecule has 0 aliphatic heterocycles. The maximum Gasteiger partial charge on any atom is 0.0189 e. The first-order valence-corrected chi connectivity index (χ1v) is 9.03. The van der Waals surface area contributed by atoms with Crippen molar-refractivity contribution in [1.82, 2.24) is 5.32 Å². The second kappa shape index (κ2) is 6.52. The van der Waals surface area contributed by atoms with Gasteiger partial charge in [-0.2, -0.15) is 0 Å². The third kappa shape index (κ3) is 2.77.